The second-order valence-corrected chi connectivity index (χ2v) is 7.08. The summed E-state index contributed by atoms with van der Waals surface area (Å²) in [4.78, 5) is 12.0. The van der Waals surface area contributed by atoms with Crippen molar-refractivity contribution in [1.82, 2.24) is 24.9 Å². The molecule has 1 saturated carbocycles. The van der Waals surface area contributed by atoms with Crippen molar-refractivity contribution in [2.24, 2.45) is 0 Å². The molecule has 2 aromatic heterocycles. The van der Waals surface area contributed by atoms with Crippen LogP contribution in [0.2, 0.25) is 10.2 Å². The topological polar surface area (TPSA) is 64.7 Å². The molecule has 1 aliphatic rings. The van der Waals surface area contributed by atoms with Crippen molar-refractivity contribution in [3.63, 3.8) is 0 Å². The Morgan fingerprint density at radius 1 is 1.35 bits per heavy atom. The van der Waals surface area contributed by atoms with Gasteiger partial charge in [-0.1, -0.05) is 23.2 Å². The average Bonchev–Trinajstić information content (AvgIpc) is 3.31. The maximum Gasteiger partial charge on any atom is 0.280 e. The van der Waals surface area contributed by atoms with Crippen LogP contribution in [0.4, 0.5) is 8.78 Å². The van der Waals surface area contributed by atoms with E-state index >= 15 is 0 Å². The molecule has 0 atom stereocenters. The first kappa shape index (κ1) is 19.1. The number of carbonyl (C=O) groups excluding carboxylic acids is 1. The molecule has 0 bridgehead atoms. The van der Waals surface area contributed by atoms with Crippen molar-refractivity contribution in [3.05, 3.63) is 33.3 Å². The molecule has 26 heavy (non-hydrogen) atoms. The van der Waals surface area contributed by atoms with Gasteiger partial charge in [0.2, 0.25) is 5.91 Å². The second-order valence-electron chi connectivity index (χ2n) is 6.34. The lowest BCUT2D eigenvalue weighted by Crippen LogP contribution is -2.30. The summed E-state index contributed by atoms with van der Waals surface area (Å²) in [5, 5.41) is 11.8. The van der Waals surface area contributed by atoms with Crippen LogP contribution < -0.4 is 5.32 Å². The standard InChI is InChI=1S/C16H19Cl2F2N5O/c1-9-14(17)15(18)24(22-9)6-2-5-21-13(26)8-25-12(16(19)20)7-11(23-25)10-3-4-10/h7,10,16H,2-6,8H2,1H3,(H,21,26). The van der Waals surface area contributed by atoms with Crippen molar-refractivity contribution in [1.29, 1.82) is 0 Å². The summed E-state index contributed by atoms with van der Waals surface area (Å²) in [6.45, 7) is 2.39. The predicted molar refractivity (Wildman–Crippen MR) is 93.8 cm³/mol. The molecule has 1 fully saturated rings. The van der Waals surface area contributed by atoms with Gasteiger partial charge in [0.1, 0.15) is 22.4 Å². The van der Waals surface area contributed by atoms with Crippen molar-refractivity contribution in [2.75, 3.05) is 6.54 Å². The molecule has 1 amide bonds. The summed E-state index contributed by atoms with van der Waals surface area (Å²) in [6, 6.07) is 1.40. The number of alkyl halides is 2. The van der Waals surface area contributed by atoms with E-state index in [1.807, 2.05) is 0 Å². The Bertz CT molecular complexity index is 801. The molecule has 10 heteroatoms. The third kappa shape index (κ3) is 4.35. The maximum absolute atomic E-state index is 13.1. The number of rotatable bonds is 8. The molecule has 1 aliphatic carbocycles. The normalized spacial score (nSPS) is 14.2. The summed E-state index contributed by atoms with van der Waals surface area (Å²) in [5.41, 5.74) is 1.08. The SMILES string of the molecule is Cc1nn(CCCNC(=O)Cn2nc(C3CC3)cc2C(F)F)c(Cl)c1Cl. The van der Waals surface area contributed by atoms with Crippen LogP contribution in [-0.2, 0) is 17.9 Å². The van der Waals surface area contributed by atoms with E-state index in [1.54, 1.807) is 11.6 Å². The number of aryl methyl sites for hydroxylation is 2. The molecule has 0 spiro atoms. The summed E-state index contributed by atoms with van der Waals surface area (Å²) < 4.78 is 28.9. The number of hydrogen-bond acceptors (Lipinski definition) is 3. The smallest absolute Gasteiger partial charge is 0.280 e. The number of hydrogen-bond donors (Lipinski definition) is 1. The Morgan fingerprint density at radius 2 is 2.08 bits per heavy atom. The zero-order chi connectivity index (χ0) is 18.8. The monoisotopic (exact) mass is 405 g/mol. The average molecular weight is 406 g/mol. The second kappa shape index (κ2) is 7.92. The van der Waals surface area contributed by atoms with Crippen LogP contribution in [0.1, 0.15) is 48.7 Å². The van der Waals surface area contributed by atoms with Gasteiger partial charge >= 0.3 is 0 Å². The van der Waals surface area contributed by atoms with Crippen molar-refractivity contribution >= 4 is 29.1 Å². The lowest BCUT2D eigenvalue weighted by Gasteiger charge is -2.08. The first-order valence-corrected chi connectivity index (χ1v) is 9.13. The Kier molecular flexibility index (Phi) is 5.82. The first-order valence-electron chi connectivity index (χ1n) is 8.37. The molecular weight excluding hydrogens is 387 g/mol. The molecule has 0 aliphatic heterocycles. The first-order chi connectivity index (χ1) is 12.4. The fraction of sp³-hybridized carbons (Fsp3) is 0.562. The Hall–Kier alpha value is -1.67. The highest BCUT2D eigenvalue weighted by Crippen LogP contribution is 2.40. The minimum Gasteiger partial charge on any atom is -0.354 e. The van der Waals surface area contributed by atoms with Gasteiger partial charge in [0.05, 0.1) is 11.4 Å². The Labute approximate surface area is 159 Å². The number of aromatic nitrogens is 4. The van der Waals surface area contributed by atoms with Crippen LogP contribution >= 0.6 is 23.2 Å². The van der Waals surface area contributed by atoms with Crippen molar-refractivity contribution < 1.29 is 13.6 Å². The van der Waals surface area contributed by atoms with E-state index in [-0.39, 0.29) is 24.1 Å². The van der Waals surface area contributed by atoms with Crippen LogP contribution in [0.25, 0.3) is 0 Å². The molecule has 142 valence electrons. The molecule has 2 heterocycles. The molecule has 2 aromatic rings. The number of nitrogens with one attached hydrogen (secondary N) is 1. The molecule has 6 nitrogen and oxygen atoms in total. The molecule has 0 aromatic carbocycles. The zero-order valence-corrected chi connectivity index (χ0v) is 15.7. The predicted octanol–water partition coefficient (Wildman–Crippen LogP) is 3.72. The molecular formula is C16H19Cl2F2N5O. The fourth-order valence-electron chi connectivity index (χ4n) is 2.66. The van der Waals surface area contributed by atoms with Crippen molar-refractivity contribution in [2.45, 2.75) is 51.6 Å². The maximum atomic E-state index is 13.1. The largest absolute Gasteiger partial charge is 0.354 e. The van der Waals surface area contributed by atoms with Gasteiger partial charge in [-0.15, -0.1) is 0 Å². The third-order valence-electron chi connectivity index (χ3n) is 4.21. The zero-order valence-electron chi connectivity index (χ0n) is 14.2. The summed E-state index contributed by atoms with van der Waals surface area (Å²) >= 11 is 12.0. The molecule has 3 rings (SSSR count). The van der Waals surface area contributed by atoms with Crippen LogP contribution in [0.15, 0.2) is 6.07 Å². The summed E-state index contributed by atoms with van der Waals surface area (Å²) in [5.74, 6) is -0.107. The van der Waals surface area contributed by atoms with Gasteiger partial charge in [0.25, 0.3) is 6.43 Å². The third-order valence-corrected chi connectivity index (χ3v) is 5.14. The lowest BCUT2D eigenvalue weighted by molar-refractivity contribution is -0.121. The van der Waals surface area contributed by atoms with Gasteiger partial charge in [-0.05, 0) is 32.3 Å². The molecule has 0 unspecified atom stereocenters. The number of amides is 1. The highest BCUT2D eigenvalue weighted by atomic mass is 35.5. The summed E-state index contributed by atoms with van der Waals surface area (Å²) in [6.07, 6.45) is -0.147. The van der Waals surface area contributed by atoms with E-state index in [2.05, 4.69) is 15.5 Å². The highest BCUT2D eigenvalue weighted by molar-refractivity contribution is 6.41. The van der Waals surface area contributed by atoms with Crippen LogP contribution in [0.5, 0.6) is 0 Å². The Balaban J connectivity index is 1.49. The van der Waals surface area contributed by atoms with Gasteiger partial charge in [-0.3, -0.25) is 14.2 Å². The van der Waals surface area contributed by atoms with E-state index in [4.69, 9.17) is 23.2 Å². The minimum atomic E-state index is -2.65. The van der Waals surface area contributed by atoms with E-state index in [1.165, 1.54) is 6.07 Å². The minimum absolute atomic E-state index is 0.213. The molecule has 1 N–H and O–H groups in total. The van der Waals surface area contributed by atoms with Gasteiger partial charge < -0.3 is 5.32 Å². The van der Waals surface area contributed by atoms with E-state index < -0.39 is 6.43 Å². The number of carbonyl (C=O) groups is 1. The van der Waals surface area contributed by atoms with Crippen LogP contribution in [0.3, 0.4) is 0 Å². The van der Waals surface area contributed by atoms with E-state index in [0.29, 0.717) is 41.1 Å². The number of nitrogens with zero attached hydrogens (tertiary/aromatic N) is 4. The quantitative estimate of drug-likeness (QED) is 0.680. The van der Waals surface area contributed by atoms with E-state index in [9.17, 15) is 13.6 Å². The van der Waals surface area contributed by atoms with Gasteiger partial charge in [-0.2, -0.15) is 10.2 Å². The van der Waals surface area contributed by atoms with E-state index in [0.717, 1.165) is 17.5 Å². The lowest BCUT2D eigenvalue weighted by atomic mass is 10.3. The van der Waals surface area contributed by atoms with Crippen LogP contribution in [-0.4, -0.2) is 32.0 Å². The van der Waals surface area contributed by atoms with Gasteiger partial charge in [-0.25, -0.2) is 8.78 Å². The van der Waals surface area contributed by atoms with Gasteiger partial charge in [0.15, 0.2) is 0 Å². The van der Waals surface area contributed by atoms with Crippen LogP contribution in [0, 0.1) is 6.92 Å². The fourth-order valence-corrected chi connectivity index (χ4v) is 3.06. The molecule has 0 radical (unpaired) electrons. The van der Waals surface area contributed by atoms with Gasteiger partial charge in [0, 0.05) is 19.0 Å². The van der Waals surface area contributed by atoms with Crippen molar-refractivity contribution in [3.8, 4) is 0 Å². The number of halogens is 4. The summed E-state index contributed by atoms with van der Waals surface area (Å²) in [7, 11) is 0. The molecule has 0 saturated heterocycles. The highest BCUT2D eigenvalue weighted by Gasteiger charge is 2.29. The Morgan fingerprint density at radius 3 is 2.65 bits per heavy atom.